The van der Waals surface area contributed by atoms with Gasteiger partial charge >= 0.3 is 0 Å². The first-order valence-corrected chi connectivity index (χ1v) is 5.14. The molecule has 0 aromatic carbocycles. The summed E-state index contributed by atoms with van der Waals surface area (Å²) in [5.41, 5.74) is 8.07. The van der Waals surface area contributed by atoms with Crippen molar-refractivity contribution in [1.29, 1.82) is 0 Å². The van der Waals surface area contributed by atoms with E-state index < -0.39 is 0 Å². The van der Waals surface area contributed by atoms with Crippen LogP contribution in [0.3, 0.4) is 0 Å². The second kappa shape index (κ2) is 4.53. The summed E-state index contributed by atoms with van der Waals surface area (Å²) in [6, 6.07) is 0. The van der Waals surface area contributed by atoms with Crippen molar-refractivity contribution >= 4 is 17.2 Å². The molecule has 1 aromatic rings. The molecule has 0 spiro atoms. The molecule has 5 heteroatoms. The maximum absolute atomic E-state index is 5.64. The molecule has 0 atom stereocenters. The van der Waals surface area contributed by atoms with E-state index in [1.54, 1.807) is 0 Å². The van der Waals surface area contributed by atoms with Crippen LogP contribution in [-0.2, 0) is 0 Å². The quantitative estimate of drug-likeness (QED) is 0.790. The molecule has 82 valence electrons. The van der Waals surface area contributed by atoms with Crippen LogP contribution in [-0.4, -0.2) is 21.3 Å². The van der Waals surface area contributed by atoms with E-state index in [0.717, 1.165) is 11.3 Å². The highest BCUT2D eigenvalue weighted by molar-refractivity contribution is 7.80. The van der Waals surface area contributed by atoms with E-state index in [-0.39, 0.29) is 6.10 Å². The maximum Gasteiger partial charge on any atom is 0.244 e. The molecule has 0 radical (unpaired) electrons. The summed E-state index contributed by atoms with van der Waals surface area (Å²) >= 11 is 4.98. The minimum absolute atomic E-state index is 0.0227. The van der Waals surface area contributed by atoms with Crippen LogP contribution in [0.15, 0.2) is 0 Å². The van der Waals surface area contributed by atoms with Gasteiger partial charge in [-0.15, -0.1) is 5.10 Å². The van der Waals surface area contributed by atoms with Gasteiger partial charge in [-0.05, 0) is 33.3 Å². The lowest BCUT2D eigenvalue weighted by Gasteiger charge is -2.14. The summed E-state index contributed by atoms with van der Waals surface area (Å²) in [6.07, 6.45) is 0.0227. The van der Waals surface area contributed by atoms with Crippen LogP contribution in [0.2, 0.25) is 0 Å². The summed E-state index contributed by atoms with van der Waals surface area (Å²) in [5.74, 6) is 0.417. The summed E-state index contributed by atoms with van der Waals surface area (Å²) in [4.78, 5) is 0.293. The van der Waals surface area contributed by atoms with Crippen molar-refractivity contribution in [1.82, 2.24) is 10.2 Å². The number of rotatable bonds is 3. The van der Waals surface area contributed by atoms with Crippen LogP contribution in [0.4, 0.5) is 0 Å². The van der Waals surface area contributed by atoms with Crippen LogP contribution < -0.4 is 10.5 Å². The van der Waals surface area contributed by atoms with E-state index >= 15 is 0 Å². The third kappa shape index (κ3) is 2.62. The second-order valence-electron chi connectivity index (χ2n) is 3.62. The van der Waals surface area contributed by atoms with Gasteiger partial charge in [0, 0.05) is 0 Å². The molecule has 15 heavy (non-hydrogen) atoms. The number of thiocarbonyl (C=S) groups is 1. The zero-order valence-electron chi connectivity index (χ0n) is 9.37. The second-order valence-corrected chi connectivity index (χ2v) is 4.06. The monoisotopic (exact) mass is 225 g/mol. The van der Waals surface area contributed by atoms with Gasteiger partial charge in [-0.2, -0.15) is 5.10 Å². The lowest BCUT2D eigenvalue weighted by molar-refractivity contribution is 0.229. The number of aromatic nitrogens is 2. The van der Waals surface area contributed by atoms with Crippen molar-refractivity contribution < 1.29 is 4.74 Å². The van der Waals surface area contributed by atoms with E-state index in [0.29, 0.717) is 16.4 Å². The third-order valence-electron chi connectivity index (χ3n) is 2.02. The minimum atomic E-state index is 0.0227. The van der Waals surface area contributed by atoms with Crippen LogP contribution in [0.5, 0.6) is 5.88 Å². The van der Waals surface area contributed by atoms with Gasteiger partial charge in [0.2, 0.25) is 5.88 Å². The Hall–Kier alpha value is -1.23. The van der Waals surface area contributed by atoms with Gasteiger partial charge in [0.25, 0.3) is 0 Å². The van der Waals surface area contributed by atoms with Gasteiger partial charge in [-0.3, -0.25) is 0 Å². The predicted octanol–water partition coefficient (Wildman–Crippen LogP) is 1.51. The highest BCUT2D eigenvalue weighted by Gasteiger charge is 2.15. The minimum Gasteiger partial charge on any atom is -0.473 e. The fraction of sp³-hybridized carbons (Fsp3) is 0.500. The number of hydrogen-bond donors (Lipinski definition) is 1. The summed E-state index contributed by atoms with van der Waals surface area (Å²) in [7, 11) is 0. The SMILES string of the molecule is Cc1nnc(OC(C)C)c(C(N)=S)c1C. The molecule has 0 unspecified atom stereocenters. The average molecular weight is 225 g/mol. The summed E-state index contributed by atoms with van der Waals surface area (Å²) < 4.78 is 5.50. The molecular weight excluding hydrogens is 210 g/mol. The van der Waals surface area contributed by atoms with Gasteiger partial charge in [-0.25, -0.2) is 0 Å². The molecule has 0 bridgehead atoms. The fourth-order valence-electron chi connectivity index (χ4n) is 1.18. The number of ether oxygens (including phenoxy) is 1. The van der Waals surface area contributed by atoms with Crippen LogP contribution in [0, 0.1) is 13.8 Å². The zero-order valence-corrected chi connectivity index (χ0v) is 10.2. The molecule has 4 nitrogen and oxygen atoms in total. The Morgan fingerprint density at radius 2 is 1.93 bits per heavy atom. The lowest BCUT2D eigenvalue weighted by atomic mass is 10.1. The van der Waals surface area contributed by atoms with E-state index in [9.17, 15) is 0 Å². The van der Waals surface area contributed by atoms with Crippen LogP contribution in [0.1, 0.15) is 30.7 Å². The largest absolute Gasteiger partial charge is 0.473 e. The molecule has 0 saturated carbocycles. The highest BCUT2D eigenvalue weighted by Crippen LogP contribution is 2.21. The molecule has 1 aromatic heterocycles. The van der Waals surface area contributed by atoms with Crippen molar-refractivity contribution in [3.05, 3.63) is 16.8 Å². The Labute approximate surface area is 94.8 Å². The van der Waals surface area contributed by atoms with Crippen molar-refractivity contribution in [2.45, 2.75) is 33.8 Å². The molecular formula is C10H15N3OS. The van der Waals surface area contributed by atoms with Crippen LogP contribution in [0.25, 0.3) is 0 Å². The predicted molar refractivity (Wildman–Crippen MR) is 63.2 cm³/mol. The Bertz CT molecular complexity index is 390. The Morgan fingerprint density at radius 1 is 1.33 bits per heavy atom. The van der Waals surface area contributed by atoms with Gasteiger partial charge in [0.05, 0.1) is 17.4 Å². The number of nitrogens with two attached hydrogens (primary N) is 1. The van der Waals surface area contributed by atoms with Crippen molar-refractivity contribution in [2.24, 2.45) is 5.73 Å². The van der Waals surface area contributed by atoms with Gasteiger partial charge < -0.3 is 10.5 Å². The van der Waals surface area contributed by atoms with Crippen molar-refractivity contribution in [3.63, 3.8) is 0 Å². The van der Waals surface area contributed by atoms with E-state index in [4.69, 9.17) is 22.7 Å². The molecule has 0 aliphatic heterocycles. The normalized spacial score (nSPS) is 10.5. The Kier molecular flexibility index (Phi) is 3.57. The smallest absolute Gasteiger partial charge is 0.244 e. The molecule has 0 amide bonds. The van der Waals surface area contributed by atoms with Crippen molar-refractivity contribution in [2.75, 3.05) is 0 Å². The molecule has 1 heterocycles. The van der Waals surface area contributed by atoms with E-state index in [2.05, 4.69) is 10.2 Å². The summed E-state index contributed by atoms with van der Waals surface area (Å²) in [5, 5.41) is 7.95. The van der Waals surface area contributed by atoms with Crippen LogP contribution >= 0.6 is 12.2 Å². The topological polar surface area (TPSA) is 61.0 Å². The first-order valence-electron chi connectivity index (χ1n) is 4.73. The molecule has 0 saturated heterocycles. The highest BCUT2D eigenvalue weighted by atomic mass is 32.1. The maximum atomic E-state index is 5.64. The van der Waals surface area contributed by atoms with Gasteiger partial charge in [0.15, 0.2) is 0 Å². The zero-order chi connectivity index (χ0) is 11.6. The molecule has 0 fully saturated rings. The number of aryl methyl sites for hydroxylation is 1. The number of hydrogen-bond acceptors (Lipinski definition) is 4. The molecule has 2 N–H and O–H groups in total. The molecule has 0 aliphatic rings. The average Bonchev–Trinajstić information content (AvgIpc) is 2.10. The molecule has 1 rings (SSSR count). The Morgan fingerprint density at radius 3 is 2.40 bits per heavy atom. The third-order valence-corrected chi connectivity index (χ3v) is 2.22. The number of nitrogens with zero attached hydrogens (tertiary/aromatic N) is 2. The van der Waals surface area contributed by atoms with Gasteiger partial charge in [-0.1, -0.05) is 12.2 Å². The van der Waals surface area contributed by atoms with Crippen molar-refractivity contribution in [3.8, 4) is 5.88 Å². The first-order chi connectivity index (χ1) is 6.93. The van der Waals surface area contributed by atoms with Gasteiger partial charge in [0.1, 0.15) is 4.99 Å². The summed E-state index contributed by atoms with van der Waals surface area (Å²) in [6.45, 7) is 7.61. The fourth-order valence-corrected chi connectivity index (χ4v) is 1.42. The Balaban J connectivity index is 3.27. The standard InChI is InChI=1S/C10H15N3OS/c1-5(2)14-10-8(9(11)15)6(3)7(4)12-13-10/h5H,1-4H3,(H2,11,15). The first kappa shape index (κ1) is 11.8. The van der Waals surface area contributed by atoms with E-state index in [1.807, 2.05) is 27.7 Å². The van der Waals surface area contributed by atoms with E-state index in [1.165, 1.54) is 0 Å². The molecule has 0 aliphatic carbocycles. The lowest BCUT2D eigenvalue weighted by Crippen LogP contribution is -2.18.